The van der Waals surface area contributed by atoms with Crippen LogP contribution < -0.4 is 15.5 Å². The summed E-state index contributed by atoms with van der Waals surface area (Å²) < 4.78 is 2.01. The molecule has 4 aromatic rings. The van der Waals surface area contributed by atoms with Crippen LogP contribution in [0, 0.1) is 0 Å². The lowest BCUT2D eigenvalue weighted by atomic mass is 10.2. The predicted molar refractivity (Wildman–Crippen MR) is 120 cm³/mol. The number of hydrogen-bond donors (Lipinski definition) is 2. The largest absolute Gasteiger partial charge is 0.369 e. The van der Waals surface area contributed by atoms with E-state index in [1.165, 1.54) is 0 Å². The van der Waals surface area contributed by atoms with Crippen molar-refractivity contribution >= 4 is 39.3 Å². The average molecular weight is 403 g/mol. The van der Waals surface area contributed by atoms with Crippen molar-refractivity contribution in [3.63, 3.8) is 0 Å². The van der Waals surface area contributed by atoms with Crippen LogP contribution in [0.1, 0.15) is 26.3 Å². The van der Waals surface area contributed by atoms with Crippen molar-refractivity contribution in [1.82, 2.24) is 30.0 Å². The summed E-state index contributed by atoms with van der Waals surface area (Å²) >= 11 is 0. The fraction of sp³-hybridized carbons (Fsp3) is 0.364. The smallest absolute Gasteiger partial charge is 0.228 e. The number of nitrogens with zero attached hydrogens (tertiary/aromatic N) is 6. The second-order valence-corrected chi connectivity index (χ2v) is 7.93. The van der Waals surface area contributed by atoms with Crippen molar-refractivity contribution in [1.29, 1.82) is 0 Å². The molecule has 0 amide bonds. The summed E-state index contributed by atoms with van der Waals surface area (Å²) in [6, 6.07) is 8.45. The van der Waals surface area contributed by atoms with Crippen molar-refractivity contribution < 1.29 is 0 Å². The topological polar surface area (TPSA) is 83.8 Å². The summed E-state index contributed by atoms with van der Waals surface area (Å²) in [5.41, 5.74) is 3.07. The lowest BCUT2D eigenvalue weighted by Crippen LogP contribution is -2.27. The maximum Gasteiger partial charge on any atom is 0.228 e. The third kappa shape index (κ3) is 3.54. The van der Waals surface area contributed by atoms with Gasteiger partial charge in [-0.25, -0.2) is 15.0 Å². The Morgan fingerprint density at radius 1 is 0.967 bits per heavy atom. The molecule has 1 aliphatic rings. The van der Waals surface area contributed by atoms with Crippen LogP contribution in [0.2, 0.25) is 0 Å². The highest BCUT2D eigenvalue weighted by Crippen LogP contribution is 2.27. The molecule has 1 saturated heterocycles. The molecule has 1 fully saturated rings. The van der Waals surface area contributed by atoms with E-state index >= 15 is 0 Å². The molecule has 0 saturated carbocycles. The summed E-state index contributed by atoms with van der Waals surface area (Å²) in [4.78, 5) is 16.2. The van der Waals surface area contributed by atoms with Gasteiger partial charge in [-0.15, -0.1) is 0 Å². The van der Waals surface area contributed by atoms with Crippen molar-refractivity contribution in [3.05, 3.63) is 42.9 Å². The molecule has 0 aliphatic carbocycles. The van der Waals surface area contributed by atoms with Gasteiger partial charge < -0.3 is 15.5 Å². The summed E-state index contributed by atoms with van der Waals surface area (Å²) in [5.74, 6) is 1.27. The molecule has 3 aromatic heterocycles. The second kappa shape index (κ2) is 7.87. The van der Waals surface area contributed by atoms with Gasteiger partial charge in [0.2, 0.25) is 5.95 Å². The van der Waals surface area contributed by atoms with Gasteiger partial charge in [0, 0.05) is 42.6 Å². The van der Waals surface area contributed by atoms with E-state index in [0.717, 1.165) is 65.9 Å². The Kier molecular flexibility index (Phi) is 4.92. The van der Waals surface area contributed by atoms with Crippen LogP contribution in [0.15, 0.2) is 42.9 Å². The SMILES string of the molecule is CC(C)n1ncc2ccc3cnc(Nc4ccc(N5CCCNCC5)cn4)nc3c21. The number of anilines is 3. The van der Waals surface area contributed by atoms with Gasteiger partial charge in [0.1, 0.15) is 11.3 Å². The fourth-order valence-electron chi connectivity index (χ4n) is 3.94. The fourth-order valence-corrected chi connectivity index (χ4v) is 3.94. The minimum atomic E-state index is 0.253. The van der Waals surface area contributed by atoms with Crippen LogP contribution in [-0.2, 0) is 0 Å². The van der Waals surface area contributed by atoms with E-state index in [4.69, 9.17) is 4.98 Å². The average Bonchev–Trinajstić information content (AvgIpc) is 3.02. The van der Waals surface area contributed by atoms with Gasteiger partial charge in [-0.3, -0.25) is 4.68 Å². The van der Waals surface area contributed by atoms with Crippen LogP contribution in [0.25, 0.3) is 21.8 Å². The van der Waals surface area contributed by atoms with Gasteiger partial charge in [-0.1, -0.05) is 12.1 Å². The quantitative estimate of drug-likeness (QED) is 0.540. The molecule has 4 heterocycles. The molecule has 8 heteroatoms. The first-order valence-electron chi connectivity index (χ1n) is 10.5. The third-order valence-corrected chi connectivity index (χ3v) is 5.49. The first-order valence-corrected chi connectivity index (χ1v) is 10.5. The van der Waals surface area contributed by atoms with Crippen LogP contribution in [0.3, 0.4) is 0 Å². The zero-order valence-corrected chi connectivity index (χ0v) is 17.3. The highest BCUT2D eigenvalue weighted by atomic mass is 15.3. The van der Waals surface area contributed by atoms with Crippen LogP contribution in [0.4, 0.5) is 17.5 Å². The Bertz CT molecular complexity index is 1160. The van der Waals surface area contributed by atoms with Crippen LogP contribution in [-0.4, -0.2) is 50.9 Å². The Morgan fingerprint density at radius 3 is 2.70 bits per heavy atom. The molecule has 0 bridgehead atoms. The third-order valence-electron chi connectivity index (χ3n) is 5.49. The van der Waals surface area contributed by atoms with Crippen molar-refractivity contribution in [2.45, 2.75) is 26.3 Å². The number of aromatic nitrogens is 5. The zero-order valence-electron chi connectivity index (χ0n) is 17.3. The second-order valence-electron chi connectivity index (χ2n) is 7.93. The van der Waals surface area contributed by atoms with Gasteiger partial charge in [0.05, 0.1) is 23.6 Å². The molecule has 30 heavy (non-hydrogen) atoms. The molecule has 5 rings (SSSR count). The van der Waals surface area contributed by atoms with Gasteiger partial charge >= 0.3 is 0 Å². The number of fused-ring (bicyclic) bond motifs is 3. The molecule has 0 atom stereocenters. The predicted octanol–water partition coefficient (Wildman–Crippen LogP) is 3.50. The maximum atomic E-state index is 4.80. The minimum Gasteiger partial charge on any atom is -0.369 e. The standard InChI is InChI=1S/C22H26N8/c1-15(2)30-21-17(13-26-30)5-4-16-12-25-22(28-20(16)21)27-19-7-6-18(14-24-19)29-10-3-8-23-9-11-29/h4-7,12-15,23H,3,8-11H2,1-2H3,(H,24,25,27,28). The molecule has 8 nitrogen and oxygen atoms in total. The number of benzene rings is 1. The number of hydrogen-bond acceptors (Lipinski definition) is 7. The Hall–Kier alpha value is -3.26. The summed E-state index contributed by atoms with van der Waals surface area (Å²) in [7, 11) is 0. The monoisotopic (exact) mass is 402 g/mol. The minimum absolute atomic E-state index is 0.253. The first kappa shape index (κ1) is 18.7. The number of rotatable bonds is 4. The van der Waals surface area contributed by atoms with Crippen molar-refractivity contribution in [2.24, 2.45) is 0 Å². The molecular formula is C22H26N8. The lowest BCUT2D eigenvalue weighted by Gasteiger charge is -2.21. The molecule has 1 aromatic carbocycles. The van der Waals surface area contributed by atoms with E-state index in [2.05, 4.69) is 56.6 Å². The van der Waals surface area contributed by atoms with E-state index in [0.29, 0.717) is 5.95 Å². The van der Waals surface area contributed by atoms with E-state index in [1.807, 2.05) is 35.4 Å². The lowest BCUT2D eigenvalue weighted by molar-refractivity contribution is 0.552. The molecule has 2 N–H and O–H groups in total. The first-order chi connectivity index (χ1) is 14.7. The highest BCUT2D eigenvalue weighted by molar-refractivity contribution is 6.03. The van der Waals surface area contributed by atoms with Gasteiger partial charge in [-0.2, -0.15) is 5.10 Å². The Balaban J connectivity index is 1.43. The van der Waals surface area contributed by atoms with Gasteiger partial charge in [0.25, 0.3) is 0 Å². The number of nitrogens with one attached hydrogen (secondary N) is 2. The molecule has 0 unspecified atom stereocenters. The number of pyridine rings is 1. The van der Waals surface area contributed by atoms with E-state index in [9.17, 15) is 0 Å². The van der Waals surface area contributed by atoms with Crippen molar-refractivity contribution in [3.8, 4) is 0 Å². The van der Waals surface area contributed by atoms with Crippen LogP contribution >= 0.6 is 0 Å². The zero-order chi connectivity index (χ0) is 20.5. The van der Waals surface area contributed by atoms with E-state index in [1.54, 1.807) is 0 Å². The molecule has 154 valence electrons. The normalized spacial score (nSPS) is 15.1. The van der Waals surface area contributed by atoms with Crippen LogP contribution in [0.5, 0.6) is 0 Å². The summed E-state index contributed by atoms with van der Waals surface area (Å²) in [5, 5.41) is 13.3. The van der Waals surface area contributed by atoms with E-state index in [-0.39, 0.29) is 6.04 Å². The van der Waals surface area contributed by atoms with Crippen molar-refractivity contribution in [2.75, 3.05) is 36.4 Å². The van der Waals surface area contributed by atoms with Gasteiger partial charge in [-0.05, 0) is 38.9 Å². The molecule has 1 aliphatic heterocycles. The summed E-state index contributed by atoms with van der Waals surface area (Å²) in [6.45, 7) is 8.38. The Morgan fingerprint density at radius 2 is 1.87 bits per heavy atom. The molecule has 0 spiro atoms. The molecular weight excluding hydrogens is 376 g/mol. The highest BCUT2D eigenvalue weighted by Gasteiger charge is 2.13. The summed E-state index contributed by atoms with van der Waals surface area (Å²) in [6.07, 6.45) is 6.80. The maximum absolute atomic E-state index is 4.80. The molecule has 0 radical (unpaired) electrons. The Labute approximate surface area is 175 Å². The van der Waals surface area contributed by atoms with E-state index < -0.39 is 0 Å². The van der Waals surface area contributed by atoms with Gasteiger partial charge in [0.15, 0.2) is 0 Å².